The smallest absolute Gasteiger partial charge is 0.339 e. The van der Waals surface area contributed by atoms with E-state index in [1.54, 1.807) is 6.20 Å². The summed E-state index contributed by atoms with van der Waals surface area (Å²) < 4.78 is 1.93. The third-order valence-corrected chi connectivity index (χ3v) is 4.21. The van der Waals surface area contributed by atoms with E-state index in [1.807, 2.05) is 22.9 Å². The van der Waals surface area contributed by atoms with Gasteiger partial charge in [0.05, 0.1) is 17.4 Å². The van der Waals surface area contributed by atoms with Gasteiger partial charge in [0.25, 0.3) is 0 Å². The molecule has 1 fully saturated rings. The predicted octanol–water partition coefficient (Wildman–Crippen LogP) is 2.47. The van der Waals surface area contributed by atoms with Gasteiger partial charge < -0.3 is 5.11 Å². The van der Waals surface area contributed by atoms with Crippen LogP contribution in [0.1, 0.15) is 47.3 Å². The summed E-state index contributed by atoms with van der Waals surface area (Å²) in [6, 6.07) is 5.87. The van der Waals surface area contributed by atoms with Gasteiger partial charge in [-0.1, -0.05) is 6.07 Å². The molecule has 5 heteroatoms. The standard InChI is InChI=1S/C14H13N3O2/c18-14(19)11-12(10-3-1-2-6-15-10)16-17-9-5-4-8(7-9)13(11)17/h1-3,6,8-9H,4-5,7H2,(H,18,19). The van der Waals surface area contributed by atoms with Crippen LogP contribution in [0.2, 0.25) is 0 Å². The average molecular weight is 255 g/mol. The first-order valence-electron chi connectivity index (χ1n) is 6.53. The highest BCUT2D eigenvalue weighted by Crippen LogP contribution is 2.50. The summed E-state index contributed by atoms with van der Waals surface area (Å²) in [4.78, 5) is 15.8. The van der Waals surface area contributed by atoms with E-state index in [2.05, 4.69) is 10.1 Å². The topological polar surface area (TPSA) is 68.0 Å². The summed E-state index contributed by atoms with van der Waals surface area (Å²) in [5, 5.41) is 14.1. The van der Waals surface area contributed by atoms with Gasteiger partial charge in [0.2, 0.25) is 0 Å². The zero-order chi connectivity index (χ0) is 13.0. The molecule has 1 saturated carbocycles. The second-order valence-electron chi connectivity index (χ2n) is 5.24. The zero-order valence-corrected chi connectivity index (χ0v) is 10.3. The lowest BCUT2D eigenvalue weighted by Gasteiger charge is -2.12. The van der Waals surface area contributed by atoms with E-state index in [0.29, 0.717) is 28.9 Å². The van der Waals surface area contributed by atoms with Gasteiger partial charge in [-0.3, -0.25) is 9.67 Å². The van der Waals surface area contributed by atoms with Crippen molar-refractivity contribution in [2.45, 2.75) is 31.2 Å². The van der Waals surface area contributed by atoms with Crippen molar-refractivity contribution < 1.29 is 9.90 Å². The van der Waals surface area contributed by atoms with E-state index in [4.69, 9.17) is 0 Å². The van der Waals surface area contributed by atoms with Crippen LogP contribution in [-0.2, 0) is 0 Å². The number of carboxylic acids is 1. The third-order valence-electron chi connectivity index (χ3n) is 4.21. The molecule has 2 aromatic heterocycles. The number of pyridine rings is 1. The van der Waals surface area contributed by atoms with Crippen LogP contribution in [0, 0.1) is 0 Å². The maximum Gasteiger partial charge on any atom is 0.339 e. The van der Waals surface area contributed by atoms with Gasteiger partial charge in [-0.25, -0.2) is 4.79 Å². The molecule has 0 amide bonds. The van der Waals surface area contributed by atoms with E-state index < -0.39 is 5.97 Å². The highest BCUT2D eigenvalue weighted by molar-refractivity contribution is 5.96. The van der Waals surface area contributed by atoms with Gasteiger partial charge in [-0.15, -0.1) is 0 Å². The van der Waals surface area contributed by atoms with Crippen LogP contribution in [-0.4, -0.2) is 25.8 Å². The fourth-order valence-corrected chi connectivity index (χ4v) is 3.44. The number of carboxylic acid groups (broad SMARTS) is 1. The molecule has 1 N–H and O–H groups in total. The Morgan fingerprint density at radius 3 is 3.00 bits per heavy atom. The van der Waals surface area contributed by atoms with Gasteiger partial charge in [-0.05, 0) is 31.4 Å². The molecule has 1 aliphatic carbocycles. The van der Waals surface area contributed by atoms with Crippen molar-refractivity contribution in [2.75, 3.05) is 0 Å². The molecule has 1 aliphatic heterocycles. The number of fused-ring (bicyclic) bond motifs is 5. The molecule has 19 heavy (non-hydrogen) atoms. The van der Waals surface area contributed by atoms with E-state index in [9.17, 15) is 9.90 Å². The van der Waals surface area contributed by atoms with E-state index in [-0.39, 0.29) is 0 Å². The Kier molecular flexibility index (Phi) is 2.07. The van der Waals surface area contributed by atoms with Gasteiger partial charge >= 0.3 is 5.97 Å². The third kappa shape index (κ3) is 1.38. The fraction of sp³-hybridized carbons (Fsp3) is 0.357. The molecular formula is C14H13N3O2. The average Bonchev–Trinajstić information content (AvgIpc) is 3.10. The summed E-state index contributed by atoms with van der Waals surface area (Å²) >= 11 is 0. The normalized spacial score (nSPS) is 23.6. The Morgan fingerprint density at radius 1 is 1.37 bits per heavy atom. The van der Waals surface area contributed by atoms with Gasteiger partial charge in [0.1, 0.15) is 11.3 Å². The number of hydrogen-bond donors (Lipinski definition) is 1. The first-order valence-corrected chi connectivity index (χ1v) is 6.53. The summed E-state index contributed by atoms with van der Waals surface area (Å²) in [6.07, 6.45) is 4.91. The highest BCUT2D eigenvalue weighted by Gasteiger charge is 2.43. The van der Waals surface area contributed by atoms with Crippen molar-refractivity contribution in [3.05, 3.63) is 35.7 Å². The second kappa shape index (κ2) is 3.66. The van der Waals surface area contributed by atoms with Crippen molar-refractivity contribution in [1.29, 1.82) is 0 Å². The maximum atomic E-state index is 11.6. The van der Waals surface area contributed by atoms with Crippen LogP contribution in [0.5, 0.6) is 0 Å². The lowest BCUT2D eigenvalue weighted by Crippen LogP contribution is -2.09. The SMILES string of the molecule is O=C(O)c1c(-c2ccccn2)nn2c1C1CCC2C1. The Balaban J connectivity index is 1.96. The molecule has 2 unspecified atom stereocenters. The first-order chi connectivity index (χ1) is 9.25. The summed E-state index contributed by atoms with van der Waals surface area (Å²) in [7, 11) is 0. The second-order valence-corrected chi connectivity index (χ2v) is 5.24. The Hall–Kier alpha value is -2.17. The van der Waals surface area contributed by atoms with Crippen LogP contribution in [0.25, 0.3) is 11.4 Å². The van der Waals surface area contributed by atoms with Crippen molar-refractivity contribution in [3.63, 3.8) is 0 Å². The number of aromatic carboxylic acids is 1. The largest absolute Gasteiger partial charge is 0.478 e. The summed E-state index contributed by atoms with van der Waals surface area (Å²) in [5.41, 5.74) is 2.41. The Labute approximate surface area is 109 Å². The fourth-order valence-electron chi connectivity index (χ4n) is 3.44. The van der Waals surface area contributed by atoms with Gasteiger partial charge in [0.15, 0.2) is 0 Å². The minimum Gasteiger partial charge on any atom is -0.478 e. The first kappa shape index (κ1) is 10.7. The molecule has 96 valence electrons. The molecule has 2 aromatic rings. The lowest BCUT2D eigenvalue weighted by atomic mass is 9.99. The maximum absolute atomic E-state index is 11.6. The molecule has 3 heterocycles. The number of nitrogens with zero attached hydrogens (tertiary/aromatic N) is 3. The number of hydrogen-bond acceptors (Lipinski definition) is 3. The van der Waals surface area contributed by atoms with Crippen molar-refractivity contribution in [1.82, 2.24) is 14.8 Å². The van der Waals surface area contributed by atoms with Crippen LogP contribution < -0.4 is 0 Å². The van der Waals surface area contributed by atoms with E-state index in [1.165, 1.54) is 0 Å². The summed E-state index contributed by atoms with van der Waals surface area (Å²) in [5.74, 6) is -0.532. The van der Waals surface area contributed by atoms with Crippen LogP contribution in [0.4, 0.5) is 0 Å². The number of carbonyl (C=O) groups is 1. The van der Waals surface area contributed by atoms with E-state index in [0.717, 1.165) is 25.0 Å². The monoisotopic (exact) mass is 255 g/mol. The summed E-state index contributed by atoms with van der Waals surface area (Å²) in [6.45, 7) is 0. The van der Waals surface area contributed by atoms with E-state index >= 15 is 0 Å². The molecule has 0 aromatic carbocycles. The highest BCUT2D eigenvalue weighted by atomic mass is 16.4. The van der Waals surface area contributed by atoms with Crippen LogP contribution in [0.3, 0.4) is 0 Å². The van der Waals surface area contributed by atoms with Crippen molar-refractivity contribution in [2.24, 2.45) is 0 Å². The molecule has 2 aliphatic rings. The quantitative estimate of drug-likeness (QED) is 0.895. The molecule has 0 spiro atoms. The van der Waals surface area contributed by atoms with Crippen molar-refractivity contribution >= 4 is 5.97 Å². The molecule has 5 nitrogen and oxygen atoms in total. The Morgan fingerprint density at radius 2 is 2.26 bits per heavy atom. The zero-order valence-electron chi connectivity index (χ0n) is 10.3. The minimum absolute atomic E-state index is 0.353. The molecular weight excluding hydrogens is 242 g/mol. The minimum atomic E-state index is -0.894. The van der Waals surface area contributed by atoms with Crippen molar-refractivity contribution in [3.8, 4) is 11.4 Å². The molecule has 2 atom stereocenters. The molecule has 0 radical (unpaired) electrons. The van der Waals surface area contributed by atoms with Crippen LogP contribution in [0.15, 0.2) is 24.4 Å². The van der Waals surface area contributed by atoms with Crippen LogP contribution >= 0.6 is 0 Å². The number of aromatic nitrogens is 3. The number of rotatable bonds is 2. The van der Waals surface area contributed by atoms with Gasteiger partial charge in [-0.2, -0.15) is 5.10 Å². The van der Waals surface area contributed by atoms with Gasteiger partial charge in [0, 0.05) is 12.1 Å². The molecule has 2 bridgehead atoms. The molecule has 0 saturated heterocycles. The molecule has 4 rings (SSSR count). The predicted molar refractivity (Wildman–Crippen MR) is 68.0 cm³/mol. The lowest BCUT2D eigenvalue weighted by molar-refractivity contribution is 0.0696. The Bertz CT molecular complexity index is 663.